The van der Waals surface area contributed by atoms with Gasteiger partial charge in [-0.05, 0) is 40.0 Å². The molecule has 0 aromatic heterocycles. The molecule has 0 aromatic carbocycles. The van der Waals surface area contributed by atoms with E-state index in [1.165, 1.54) is 0 Å². The average molecular weight is 206 g/mol. The summed E-state index contributed by atoms with van der Waals surface area (Å²) in [6.45, 7) is 13.0. The highest BCUT2D eigenvalue weighted by atomic mass is 28.3. The van der Waals surface area contributed by atoms with E-state index in [0.29, 0.717) is 0 Å². The Labute approximate surface area is 79.7 Å². The van der Waals surface area contributed by atoms with Crippen LogP contribution in [0.1, 0.15) is 13.8 Å². The summed E-state index contributed by atoms with van der Waals surface area (Å²) in [5, 5.41) is 0. The van der Waals surface area contributed by atoms with Crippen LogP contribution >= 0.6 is 0 Å². The largest absolute Gasteiger partial charge is 0.415 e. The fourth-order valence-electron chi connectivity index (χ4n) is 1.08. The van der Waals surface area contributed by atoms with Crippen molar-refractivity contribution < 1.29 is 8.85 Å². The van der Waals surface area contributed by atoms with E-state index in [4.69, 9.17) is 8.85 Å². The van der Waals surface area contributed by atoms with Gasteiger partial charge in [-0.15, -0.1) is 0 Å². The maximum absolute atomic E-state index is 5.75. The molecule has 0 heterocycles. The van der Waals surface area contributed by atoms with E-state index < -0.39 is 18.1 Å². The van der Waals surface area contributed by atoms with E-state index >= 15 is 0 Å². The van der Waals surface area contributed by atoms with Gasteiger partial charge in [-0.25, -0.2) is 0 Å². The van der Waals surface area contributed by atoms with Crippen molar-refractivity contribution in [1.29, 1.82) is 0 Å². The van der Waals surface area contributed by atoms with Gasteiger partial charge in [0.25, 0.3) is 0 Å². The molecule has 2 atom stereocenters. The molecule has 0 fully saturated rings. The van der Waals surface area contributed by atoms with Crippen LogP contribution in [0, 0.1) is 0 Å². The van der Waals surface area contributed by atoms with Crippen LogP contribution in [-0.2, 0) is 8.85 Å². The van der Waals surface area contributed by atoms with E-state index in [1.54, 1.807) is 0 Å². The second-order valence-corrected chi connectivity index (χ2v) is 8.52. The van der Waals surface area contributed by atoms with Crippen LogP contribution in [0.15, 0.2) is 0 Å². The standard InChI is InChI=1S/C8H22O2Si2/c1-7(9-11(3)4)8(2)10-12(5)6/h7-8,11-12H,1-6H3. The Balaban J connectivity index is 3.68. The molecule has 0 saturated carbocycles. The minimum atomic E-state index is -0.894. The first kappa shape index (κ1) is 12.4. The van der Waals surface area contributed by atoms with Crippen molar-refractivity contribution in [2.24, 2.45) is 0 Å². The van der Waals surface area contributed by atoms with E-state index in [-0.39, 0.29) is 12.2 Å². The molecule has 4 heteroatoms. The van der Waals surface area contributed by atoms with Crippen LogP contribution in [-0.4, -0.2) is 30.3 Å². The monoisotopic (exact) mass is 206 g/mol. The Hall–Kier alpha value is 0.354. The fourth-order valence-corrected chi connectivity index (χ4v) is 3.24. The van der Waals surface area contributed by atoms with Crippen molar-refractivity contribution in [3.05, 3.63) is 0 Å². The quantitative estimate of drug-likeness (QED) is 0.638. The van der Waals surface area contributed by atoms with Crippen molar-refractivity contribution in [3.8, 4) is 0 Å². The predicted octanol–water partition coefficient (Wildman–Crippen LogP) is 1.76. The lowest BCUT2D eigenvalue weighted by Crippen LogP contribution is -2.33. The first-order chi connectivity index (χ1) is 5.43. The minimum Gasteiger partial charge on any atom is -0.415 e. The van der Waals surface area contributed by atoms with Gasteiger partial charge in [0.05, 0.1) is 12.2 Å². The number of hydrogen-bond acceptors (Lipinski definition) is 2. The van der Waals surface area contributed by atoms with Crippen molar-refractivity contribution in [1.82, 2.24) is 0 Å². The Morgan fingerprint density at radius 3 is 1.17 bits per heavy atom. The lowest BCUT2D eigenvalue weighted by atomic mass is 10.3. The minimum absolute atomic E-state index is 0.270. The molecule has 2 unspecified atom stereocenters. The van der Waals surface area contributed by atoms with Crippen molar-refractivity contribution in [2.45, 2.75) is 52.2 Å². The molecule has 0 aliphatic carbocycles. The SMILES string of the molecule is CC(O[SiH](C)C)C(C)O[SiH](C)C. The molecule has 2 nitrogen and oxygen atoms in total. The van der Waals surface area contributed by atoms with Crippen LogP contribution < -0.4 is 0 Å². The van der Waals surface area contributed by atoms with Crippen LogP contribution in [0.5, 0.6) is 0 Å². The third-order valence-corrected chi connectivity index (χ3v) is 3.58. The van der Waals surface area contributed by atoms with Gasteiger partial charge in [-0.2, -0.15) is 0 Å². The molecule has 0 saturated heterocycles. The second kappa shape index (κ2) is 5.91. The molecular weight excluding hydrogens is 184 g/mol. The van der Waals surface area contributed by atoms with Gasteiger partial charge < -0.3 is 8.85 Å². The Kier molecular flexibility index (Phi) is 6.08. The van der Waals surface area contributed by atoms with Gasteiger partial charge in [0.1, 0.15) is 0 Å². The van der Waals surface area contributed by atoms with Crippen LogP contribution in [0.2, 0.25) is 26.2 Å². The topological polar surface area (TPSA) is 18.5 Å². The van der Waals surface area contributed by atoms with Crippen molar-refractivity contribution in [2.75, 3.05) is 0 Å². The molecule has 74 valence electrons. The van der Waals surface area contributed by atoms with Gasteiger partial charge in [-0.1, -0.05) is 0 Å². The molecule has 0 aliphatic rings. The summed E-state index contributed by atoms with van der Waals surface area (Å²) in [6.07, 6.45) is 0.540. The molecule has 0 radical (unpaired) electrons. The summed E-state index contributed by atoms with van der Waals surface area (Å²) in [5.74, 6) is 0. The van der Waals surface area contributed by atoms with Gasteiger partial charge in [-0.3, -0.25) is 0 Å². The fraction of sp³-hybridized carbons (Fsp3) is 1.00. The summed E-state index contributed by atoms with van der Waals surface area (Å²) >= 11 is 0. The number of rotatable bonds is 5. The molecular formula is C8H22O2Si2. The van der Waals surface area contributed by atoms with Crippen LogP contribution in [0.25, 0.3) is 0 Å². The molecule has 12 heavy (non-hydrogen) atoms. The van der Waals surface area contributed by atoms with E-state index in [1.807, 2.05) is 0 Å². The van der Waals surface area contributed by atoms with Gasteiger partial charge in [0.2, 0.25) is 0 Å². The first-order valence-corrected chi connectivity index (χ1v) is 10.3. The summed E-state index contributed by atoms with van der Waals surface area (Å²) < 4.78 is 11.5. The summed E-state index contributed by atoms with van der Waals surface area (Å²) in [5.41, 5.74) is 0. The highest BCUT2D eigenvalue weighted by Gasteiger charge is 2.15. The molecule has 0 aromatic rings. The summed E-state index contributed by atoms with van der Waals surface area (Å²) in [7, 11) is -1.79. The highest BCUT2D eigenvalue weighted by molar-refractivity contribution is 6.49. The lowest BCUT2D eigenvalue weighted by molar-refractivity contribution is 0.0773. The lowest BCUT2D eigenvalue weighted by Gasteiger charge is -2.24. The smallest absolute Gasteiger partial charge is 0.171 e. The Bertz CT molecular complexity index is 104. The first-order valence-electron chi connectivity index (χ1n) is 4.74. The predicted molar refractivity (Wildman–Crippen MR) is 58.8 cm³/mol. The zero-order chi connectivity index (χ0) is 9.72. The zero-order valence-electron chi connectivity index (χ0n) is 9.13. The maximum Gasteiger partial charge on any atom is 0.171 e. The molecule has 0 bridgehead atoms. The normalized spacial score (nSPS) is 17.0. The van der Waals surface area contributed by atoms with Gasteiger partial charge in [0.15, 0.2) is 18.1 Å². The third-order valence-electron chi connectivity index (χ3n) is 1.63. The van der Waals surface area contributed by atoms with Gasteiger partial charge in [0, 0.05) is 0 Å². The van der Waals surface area contributed by atoms with E-state index in [0.717, 1.165) is 0 Å². The van der Waals surface area contributed by atoms with E-state index in [2.05, 4.69) is 40.0 Å². The van der Waals surface area contributed by atoms with E-state index in [9.17, 15) is 0 Å². The number of hydrogen-bond donors (Lipinski definition) is 0. The third kappa shape index (κ3) is 5.94. The average Bonchev–Trinajstić information content (AvgIpc) is 1.84. The molecule has 0 spiro atoms. The Morgan fingerprint density at radius 1 is 0.750 bits per heavy atom. The van der Waals surface area contributed by atoms with Gasteiger partial charge >= 0.3 is 0 Å². The zero-order valence-corrected chi connectivity index (χ0v) is 11.4. The van der Waals surface area contributed by atoms with Crippen molar-refractivity contribution >= 4 is 18.1 Å². The highest BCUT2D eigenvalue weighted by Crippen LogP contribution is 2.06. The molecule has 0 amide bonds. The van der Waals surface area contributed by atoms with Crippen LogP contribution in [0.4, 0.5) is 0 Å². The summed E-state index contributed by atoms with van der Waals surface area (Å²) in [6, 6.07) is 0. The molecule has 0 rings (SSSR count). The maximum atomic E-state index is 5.75. The molecule has 0 N–H and O–H groups in total. The van der Waals surface area contributed by atoms with Crippen LogP contribution in [0.3, 0.4) is 0 Å². The second-order valence-electron chi connectivity index (χ2n) is 3.78. The Morgan fingerprint density at radius 2 is 1.00 bits per heavy atom. The summed E-state index contributed by atoms with van der Waals surface area (Å²) in [4.78, 5) is 0. The van der Waals surface area contributed by atoms with Crippen molar-refractivity contribution in [3.63, 3.8) is 0 Å². The molecule has 0 aliphatic heterocycles.